The lowest BCUT2D eigenvalue weighted by molar-refractivity contribution is -0.122. The van der Waals surface area contributed by atoms with Crippen molar-refractivity contribution in [3.8, 4) is 0 Å². The van der Waals surface area contributed by atoms with Crippen LogP contribution in [0.4, 0.5) is 0 Å². The lowest BCUT2D eigenvalue weighted by Crippen LogP contribution is -2.43. The van der Waals surface area contributed by atoms with E-state index in [-0.39, 0.29) is 17.4 Å². The summed E-state index contributed by atoms with van der Waals surface area (Å²) in [5.41, 5.74) is 0.138. The van der Waals surface area contributed by atoms with Crippen molar-refractivity contribution in [3.63, 3.8) is 0 Å². The predicted molar refractivity (Wildman–Crippen MR) is 62.7 cm³/mol. The summed E-state index contributed by atoms with van der Waals surface area (Å²) in [7, 11) is 0. The number of rotatable bonds is 3. The van der Waals surface area contributed by atoms with Gasteiger partial charge in [-0.3, -0.25) is 4.79 Å². The molecule has 0 aromatic rings. The quantitative estimate of drug-likeness (QED) is 0.747. The van der Waals surface area contributed by atoms with Crippen LogP contribution in [0.2, 0.25) is 0 Å². The van der Waals surface area contributed by atoms with E-state index in [1.165, 1.54) is 6.42 Å². The van der Waals surface area contributed by atoms with Crippen LogP contribution in [-0.4, -0.2) is 24.5 Å². The number of nitrogens with one attached hydrogen (secondary N) is 2. The SMILES string of the molecule is CC(NC(=O)CC1CCCN1)C(C)(C)C. The summed E-state index contributed by atoms with van der Waals surface area (Å²) in [6.45, 7) is 9.57. The van der Waals surface area contributed by atoms with Crippen LogP contribution in [0, 0.1) is 5.41 Å². The summed E-state index contributed by atoms with van der Waals surface area (Å²) in [6, 6.07) is 0.628. The third-order valence-electron chi connectivity index (χ3n) is 3.27. The van der Waals surface area contributed by atoms with Crippen molar-refractivity contribution in [2.75, 3.05) is 6.54 Å². The first-order chi connectivity index (χ1) is 6.89. The normalized spacial score (nSPS) is 23.9. The Kier molecular flexibility index (Phi) is 4.14. The van der Waals surface area contributed by atoms with Crippen molar-refractivity contribution in [3.05, 3.63) is 0 Å². The summed E-state index contributed by atoms with van der Waals surface area (Å²) in [6.07, 6.45) is 2.96. The molecule has 1 rings (SSSR count). The van der Waals surface area contributed by atoms with Gasteiger partial charge in [-0.15, -0.1) is 0 Å². The first kappa shape index (κ1) is 12.5. The molecule has 3 heteroatoms. The molecular formula is C12H24N2O. The van der Waals surface area contributed by atoms with Crippen molar-refractivity contribution < 1.29 is 4.79 Å². The van der Waals surface area contributed by atoms with Gasteiger partial charge in [0.05, 0.1) is 0 Å². The van der Waals surface area contributed by atoms with Crippen LogP contribution < -0.4 is 10.6 Å². The fraction of sp³-hybridized carbons (Fsp3) is 0.917. The molecule has 0 spiro atoms. The molecule has 0 radical (unpaired) electrons. The van der Waals surface area contributed by atoms with Gasteiger partial charge in [0.15, 0.2) is 0 Å². The minimum atomic E-state index is 0.138. The maximum atomic E-state index is 11.7. The highest BCUT2D eigenvalue weighted by molar-refractivity contribution is 5.77. The molecule has 1 aliphatic heterocycles. The lowest BCUT2D eigenvalue weighted by Gasteiger charge is -2.28. The highest BCUT2D eigenvalue weighted by Gasteiger charge is 2.23. The molecular weight excluding hydrogens is 188 g/mol. The Hall–Kier alpha value is -0.570. The zero-order valence-electron chi connectivity index (χ0n) is 10.4. The fourth-order valence-electron chi connectivity index (χ4n) is 1.67. The van der Waals surface area contributed by atoms with Gasteiger partial charge in [0.1, 0.15) is 0 Å². The molecule has 0 aromatic heterocycles. The molecule has 1 aliphatic rings. The van der Waals surface area contributed by atoms with E-state index in [0.717, 1.165) is 13.0 Å². The van der Waals surface area contributed by atoms with Crippen LogP contribution in [0.25, 0.3) is 0 Å². The van der Waals surface area contributed by atoms with E-state index < -0.39 is 0 Å². The van der Waals surface area contributed by atoms with Gasteiger partial charge < -0.3 is 10.6 Å². The Labute approximate surface area is 93.0 Å². The highest BCUT2D eigenvalue weighted by Crippen LogP contribution is 2.18. The summed E-state index contributed by atoms with van der Waals surface area (Å²) in [4.78, 5) is 11.7. The smallest absolute Gasteiger partial charge is 0.221 e. The van der Waals surface area contributed by atoms with E-state index in [1.807, 2.05) is 0 Å². The van der Waals surface area contributed by atoms with Crippen LogP contribution in [0.15, 0.2) is 0 Å². The first-order valence-electron chi connectivity index (χ1n) is 5.92. The van der Waals surface area contributed by atoms with Gasteiger partial charge in [-0.1, -0.05) is 20.8 Å². The molecule has 0 bridgehead atoms. The van der Waals surface area contributed by atoms with Gasteiger partial charge >= 0.3 is 0 Å². The molecule has 1 amide bonds. The molecule has 0 aromatic carbocycles. The molecule has 2 unspecified atom stereocenters. The summed E-state index contributed by atoms with van der Waals surface area (Å²) in [5.74, 6) is 0.178. The number of carbonyl (C=O) groups is 1. The average molecular weight is 212 g/mol. The predicted octanol–water partition coefficient (Wildman–Crippen LogP) is 1.68. The maximum absolute atomic E-state index is 11.7. The Morgan fingerprint density at radius 2 is 2.20 bits per heavy atom. The summed E-state index contributed by atoms with van der Waals surface area (Å²) < 4.78 is 0. The fourth-order valence-corrected chi connectivity index (χ4v) is 1.67. The minimum absolute atomic E-state index is 0.138. The van der Waals surface area contributed by atoms with Crippen molar-refractivity contribution in [1.29, 1.82) is 0 Å². The highest BCUT2D eigenvalue weighted by atomic mass is 16.1. The summed E-state index contributed by atoms with van der Waals surface area (Å²) in [5, 5.41) is 6.41. The van der Waals surface area contributed by atoms with E-state index in [2.05, 4.69) is 38.3 Å². The first-order valence-corrected chi connectivity index (χ1v) is 5.92. The maximum Gasteiger partial charge on any atom is 0.221 e. The third kappa shape index (κ3) is 4.20. The van der Waals surface area contributed by atoms with E-state index in [4.69, 9.17) is 0 Å². The van der Waals surface area contributed by atoms with Gasteiger partial charge in [0.2, 0.25) is 5.91 Å². The number of hydrogen-bond acceptors (Lipinski definition) is 2. The molecule has 0 aliphatic carbocycles. The zero-order valence-corrected chi connectivity index (χ0v) is 10.4. The van der Waals surface area contributed by atoms with Crippen molar-refractivity contribution in [2.45, 2.75) is 59.0 Å². The molecule has 0 saturated carbocycles. The van der Waals surface area contributed by atoms with Gasteiger partial charge in [-0.2, -0.15) is 0 Å². The molecule has 2 N–H and O–H groups in total. The van der Waals surface area contributed by atoms with Crippen LogP contribution in [-0.2, 0) is 4.79 Å². The second-order valence-corrected chi connectivity index (χ2v) is 5.65. The standard InChI is InChI=1S/C12H24N2O/c1-9(12(2,3)4)14-11(15)8-10-6-5-7-13-10/h9-10,13H,5-8H2,1-4H3,(H,14,15). The van der Waals surface area contributed by atoms with Gasteiger partial charge in [-0.05, 0) is 31.7 Å². The number of amides is 1. The van der Waals surface area contributed by atoms with E-state index in [1.54, 1.807) is 0 Å². The molecule has 3 nitrogen and oxygen atoms in total. The third-order valence-corrected chi connectivity index (χ3v) is 3.27. The van der Waals surface area contributed by atoms with Gasteiger partial charge in [-0.25, -0.2) is 0 Å². The molecule has 2 atom stereocenters. The Morgan fingerprint density at radius 1 is 1.53 bits per heavy atom. The number of carbonyl (C=O) groups excluding carboxylic acids is 1. The molecule has 88 valence electrons. The van der Waals surface area contributed by atoms with E-state index in [0.29, 0.717) is 12.5 Å². The molecule has 1 heterocycles. The largest absolute Gasteiger partial charge is 0.353 e. The van der Waals surface area contributed by atoms with Crippen LogP contribution >= 0.6 is 0 Å². The Morgan fingerprint density at radius 3 is 2.67 bits per heavy atom. The average Bonchev–Trinajstić information content (AvgIpc) is 2.54. The van der Waals surface area contributed by atoms with Crippen LogP contribution in [0.5, 0.6) is 0 Å². The van der Waals surface area contributed by atoms with E-state index in [9.17, 15) is 4.79 Å². The Bertz CT molecular complexity index is 214. The van der Waals surface area contributed by atoms with Gasteiger partial charge in [0, 0.05) is 18.5 Å². The Balaban J connectivity index is 2.29. The topological polar surface area (TPSA) is 41.1 Å². The van der Waals surface area contributed by atoms with Crippen molar-refractivity contribution in [2.24, 2.45) is 5.41 Å². The molecule has 1 fully saturated rings. The van der Waals surface area contributed by atoms with E-state index >= 15 is 0 Å². The van der Waals surface area contributed by atoms with Crippen molar-refractivity contribution >= 4 is 5.91 Å². The van der Waals surface area contributed by atoms with Crippen molar-refractivity contribution in [1.82, 2.24) is 10.6 Å². The van der Waals surface area contributed by atoms with Crippen LogP contribution in [0.3, 0.4) is 0 Å². The number of hydrogen-bond donors (Lipinski definition) is 2. The lowest BCUT2D eigenvalue weighted by atomic mass is 9.88. The molecule has 15 heavy (non-hydrogen) atoms. The zero-order chi connectivity index (χ0) is 11.5. The second-order valence-electron chi connectivity index (χ2n) is 5.65. The monoisotopic (exact) mass is 212 g/mol. The summed E-state index contributed by atoms with van der Waals surface area (Å²) >= 11 is 0. The van der Waals surface area contributed by atoms with Crippen LogP contribution in [0.1, 0.15) is 47.0 Å². The second kappa shape index (κ2) is 4.97. The minimum Gasteiger partial charge on any atom is -0.353 e. The molecule has 1 saturated heterocycles. The van der Waals surface area contributed by atoms with Gasteiger partial charge in [0.25, 0.3) is 0 Å².